The van der Waals surface area contributed by atoms with Gasteiger partial charge in [0.25, 0.3) is 0 Å². The molecule has 26 heavy (non-hydrogen) atoms. The second-order valence-corrected chi connectivity index (χ2v) is 7.87. The topological polar surface area (TPSA) is 52.7 Å². The molecule has 1 aromatic carbocycles. The number of benzene rings is 1. The van der Waals surface area contributed by atoms with Crippen LogP contribution in [0.1, 0.15) is 36.6 Å². The summed E-state index contributed by atoms with van der Waals surface area (Å²) in [4.78, 5) is 29.7. The fourth-order valence-corrected chi connectivity index (χ4v) is 4.74. The summed E-state index contributed by atoms with van der Waals surface area (Å²) >= 11 is 1.76. The van der Waals surface area contributed by atoms with E-state index in [4.69, 9.17) is 0 Å². The predicted molar refractivity (Wildman–Crippen MR) is 105 cm³/mol. The van der Waals surface area contributed by atoms with Crippen LogP contribution >= 0.6 is 11.3 Å². The summed E-state index contributed by atoms with van der Waals surface area (Å²) in [7, 11) is 0. The number of rotatable bonds is 5. The molecular weight excluding hydrogens is 346 g/mol. The average molecular weight is 369 g/mol. The maximum Gasteiger partial charge on any atom is 0.238 e. The van der Waals surface area contributed by atoms with Gasteiger partial charge in [-0.1, -0.05) is 6.07 Å². The normalized spacial score (nSPS) is 20.7. The van der Waals surface area contributed by atoms with Gasteiger partial charge in [-0.25, -0.2) is 0 Å². The van der Waals surface area contributed by atoms with Crippen LogP contribution in [-0.2, 0) is 9.59 Å². The van der Waals surface area contributed by atoms with Gasteiger partial charge in [-0.2, -0.15) is 0 Å². The molecule has 2 amide bonds. The maximum atomic E-state index is 12.5. The number of carbonyl (C=O) groups is 2. The standard InChI is InChI=1S/C20H23N3O2S/c24-19(14-22-11-1-4-17(22)18-5-3-13-26-18)21-15-7-9-16(10-8-15)23-12-2-6-20(23)25/h3,5,7-10,13,17H,1-2,4,6,11-12,14H2,(H,21,24)/t17-/m1/s1. The molecule has 1 aromatic heterocycles. The van der Waals surface area contributed by atoms with Gasteiger partial charge in [0.1, 0.15) is 0 Å². The van der Waals surface area contributed by atoms with E-state index in [2.05, 4.69) is 27.7 Å². The zero-order valence-corrected chi connectivity index (χ0v) is 15.5. The first kappa shape index (κ1) is 17.2. The molecule has 2 saturated heterocycles. The monoisotopic (exact) mass is 369 g/mol. The third-order valence-corrected chi connectivity index (χ3v) is 6.09. The number of thiophene rings is 1. The number of carbonyl (C=O) groups excluding carboxylic acids is 2. The smallest absolute Gasteiger partial charge is 0.238 e. The number of amides is 2. The lowest BCUT2D eigenvalue weighted by atomic mass is 10.2. The summed E-state index contributed by atoms with van der Waals surface area (Å²) in [5.74, 6) is 0.189. The fraction of sp³-hybridized carbons (Fsp3) is 0.400. The number of nitrogens with zero attached hydrogens (tertiary/aromatic N) is 2. The summed E-state index contributed by atoms with van der Waals surface area (Å²) in [5, 5.41) is 5.08. The quantitative estimate of drug-likeness (QED) is 0.875. The number of anilines is 2. The molecule has 5 nitrogen and oxygen atoms in total. The van der Waals surface area contributed by atoms with Gasteiger partial charge in [0, 0.05) is 35.3 Å². The molecule has 2 aliphatic rings. The predicted octanol–water partition coefficient (Wildman–Crippen LogP) is 3.65. The van der Waals surface area contributed by atoms with Crippen molar-refractivity contribution in [3.8, 4) is 0 Å². The number of nitrogens with one attached hydrogen (secondary N) is 1. The lowest BCUT2D eigenvalue weighted by Gasteiger charge is -2.23. The zero-order chi connectivity index (χ0) is 17.9. The van der Waals surface area contributed by atoms with Crippen LogP contribution in [0.3, 0.4) is 0 Å². The van der Waals surface area contributed by atoms with Gasteiger partial charge < -0.3 is 10.2 Å². The Morgan fingerprint density at radius 3 is 2.69 bits per heavy atom. The highest BCUT2D eigenvalue weighted by Crippen LogP contribution is 2.34. The highest BCUT2D eigenvalue weighted by Gasteiger charge is 2.28. The van der Waals surface area contributed by atoms with Crippen molar-refractivity contribution in [2.75, 3.05) is 29.9 Å². The molecule has 0 bridgehead atoms. The van der Waals surface area contributed by atoms with Crippen LogP contribution in [0.25, 0.3) is 0 Å². The first-order chi connectivity index (χ1) is 12.7. The molecule has 2 aromatic rings. The minimum absolute atomic E-state index is 0.0125. The third kappa shape index (κ3) is 3.66. The Balaban J connectivity index is 1.35. The van der Waals surface area contributed by atoms with Gasteiger partial charge in [-0.3, -0.25) is 14.5 Å². The van der Waals surface area contributed by atoms with Crippen LogP contribution in [-0.4, -0.2) is 36.3 Å². The van der Waals surface area contributed by atoms with Crippen LogP contribution in [0.15, 0.2) is 41.8 Å². The van der Waals surface area contributed by atoms with Crippen LogP contribution in [0.5, 0.6) is 0 Å². The van der Waals surface area contributed by atoms with E-state index in [1.54, 1.807) is 11.3 Å². The highest BCUT2D eigenvalue weighted by atomic mass is 32.1. The lowest BCUT2D eigenvalue weighted by Crippen LogP contribution is -2.32. The first-order valence-electron chi connectivity index (χ1n) is 9.18. The number of hydrogen-bond acceptors (Lipinski definition) is 4. The summed E-state index contributed by atoms with van der Waals surface area (Å²) < 4.78 is 0. The summed E-state index contributed by atoms with van der Waals surface area (Å²) in [6.45, 7) is 2.16. The molecule has 1 atom stereocenters. The van der Waals surface area contributed by atoms with Gasteiger partial charge in [0.15, 0.2) is 0 Å². The van der Waals surface area contributed by atoms with Crippen molar-refractivity contribution in [2.45, 2.75) is 31.7 Å². The van der Waals surface area contributed by atoms with E-state index in [-0.39, 0.29) is 11.8 Å². The Morgan fingerprint density at radius 2 is 2.00 bits per heavy atom. The zero-order valence-electron chi connectivity index (χ0n) is 14.7. The molecule has 2 fully saturated rings. The van der Waals surface area contributed by atoms with Gasteiger partial charge in [0.05, 0.1) is 6.54 Å². The molecule has 4 rings (SSSR count). The van der Waals surface area contributed by atoms with E-state index in [0.29, 0.717) is 19.0 Å². The van der Waals surface area contributed by atoms with E-state index in [9.17, 15) is 9.59 Å². The lowest BCUT2D eigenvalue weighted by molar-refractivity contribution is -0.118. The Bertz CT molecular complexity index is 773. The summed E-state index contributed by atoms with van der Waals surface area (Å²) in [6, 6.07) is 12.2. The van der Waals surface area contributed by atoms with Crippen molar-refractivity contribution < 1.29 is 9.59 Å². The van der Waals surface area contributed by atoms with E-state index < -0.39 is 0 Å². The molecule has 6 heteroatoms. The van der Waals surface area contributed by atoms with Crippen molar-refractivity contribution in [1.29, 1.82) is 0 Å². The maximum absolute atomic E-state index is 12.5. The first-order valence-corrected chi connectivity index (χ1v) is 10.1. The van der Waals surface area contributed by atoms with Crippen LogP contribution in [0.4, 0.5) is 11.4 Å². The molecule has 0 unspecified atom stereocenters. The summed E-state index contributed by atoms with van der Waals surface area (Å²) in [5.41, 5.74) is 1.68. The summed E-state index contributed by atoms with van der Waals surface area (Å²) in [6.07, 6.45) is 3.79. The van der Waals surface area contributed by atoms with Crippen molar-refractivity contribution in [3.63, 3.8) is 0 Å². The van der Waals surface area contributed by atoms with Crippen molar-refractivity contribution in [2.24, 2.45) is 0 Å². The van der Waals surface area contributed by atoms with E-state index in [0.717, 1.165) is 43.7 Å². The van der Waals surface area contributed by atoms with Crippen molar-refractivity contribution in [3.05, 3.63) is 46.7 Å². The van der Waals surface area contributed by atoms with E-state index in [1.165, 1.54) is 4.88 Å². The SMILES string of the molecule is O=C(CN1CCC[C@@H]1c1cccs1)Nc1ccc(N2CCCC2=O)cc1. The highest BCUT2D eigenvalue weighted by molar-refractivity contribution is 7.10. The van der Waals surface area contributed by atoms with Crippen molar-refractivity contribution in [1.82, 2.24) is 4.90 Å². The second kappa shape index (κ2) is 7.60. The molecule has 3 heterocycles. The van der Waals surface area contributed by atoms with Crippen LogP contribution in [0, 0.1) is 0 Å². The minimum atomic E-state index is 0.0125. The Kier molecular flexibility index (Phi) is 5.04. The second-order valence-electron chi connectivity index (χ2n) is 6.89. The van der Waals surface area contributed by atoms with Gasteiger partial charge in [0.2, 0.25) is 11.8 Å². The van der Waals surface area contributed by atoms with E-state index >= 15 is 0 Å². The number of hydrogen-bond donors (Lipinski definition) is 1. The largest absolute Gasteiger partial charge is 0.325 e. The van der Waals surface area contributed by atoms with Crippen LogP contribution in [0.2, 0.25) is 0 Å². The molecule has 0 saturated carbocycles. The Labute approximate surface area is 157 Å². The minimum Gasteiger partial charge on any atom is -0.325 e. The Hall–Kier alpha value is -2.18. The van der Waals surface area contributed by atoms with E-state index in [1.807, 2.05) is 29.2 Å². The molecular formula is C20H23N3O2S. The van der Waals surface area contributed by atoms with Crippen LogP contribution < -0.4 is 10.2 Å². The fourth-order valence-electron chi connectivity index (χ4n) is 3.85. The average Bonchev–Trinajstić information content (AvgIpc) is 3.37. The van der Waals surface area contributed by atoms with Gasteiger partial charge >= 0.3 is 0 Å². The van der Waals surface area contributed by atoms with Gasteiger partial charge in [-0.15, -0.1) is 11.3 Å². The number of likely N-dealkylation sites (tertiary alicyclic amines) is 1. The van der Waals surface area contributed by atoms with Crippen molar-refractivity contribution >= 4 is 34.5 Å². The molecule has 0 aliphatic carbocycles. The molecule has 0 spiro atoms. The Morgan fingerprint density at radius 1 is 1.15 bits per heavy atom. The molecule has 1 N–H and O–H groups in total. The van der Waals surface area contributed by atoms with Gasteiger partial charge in [-0.05, 0) is 61.5 Å². The third-order valence-electron chi connectivity index (χ3n) is 5.12. The molecule has 2 aliphatic heterocycles. The molecule has 0 radical (unpaired) electrons. The molecule has 136 valence electrons.